The minimum atomic E-state index is -0.344. The van der Waals surface area contributed by atoms with Crippen molar-refractivity contribution in [1.82, 2.24) is 15.7 Å². The summed E-state index contributed by atoms with van der Waals surface area (Å²) in [5.74, 6) is 0. The van der Waals surface area contributed by atoms with Crippen LogP contribution in [-0.4, -0.2) is 9.55 Å². The predicted octanol–water partition coefficient (Wildman–Crippen LogP) is 0.0269. The number of nitrogens with one attached hydrogen (secondary N) is 1. The van der Waals surface area contributed by atoms with Crippen molar-refractivity contribution in [3.05, 3.63) is 32.6 Å². The molecule has 0 spiro atoms. The quantitative estimate of drug-likeness (QED) is 0.624. The fraction of sp³-hybridized carbons (Fsp3) is 0.429. The molecule has 12 heavy (non-hydrogen) atoms. The molecule has 0 aliphatic heterocycles. The van der Waals surface area contributed by atoms with Gasteiger partial charge in [-0.1, -0.05) is 0 Å². The van der Waals surface area contributed by atoms with Crippen LogP contribution in [0.5, 0.6) is 0 Å². The van der Waals surface area contributed by atoms with E-state index in [1.165, 1.54) is 4.57 Å². The lowest BCUT2D eigenvalue weighted by atomic mass is 10.4. The van der Waals surface area contributed by atoms with Crippen LogP contribution in [0.3, 0.4) is 0 Å². The van der Waals surface area contributed by atoms with E-state index in [4.69, 9.17) is 0 Å². The molecule has 0 aliphatic carbocycles. The molecule has 0 aromatic carbocycles. The minimum absolute atomic E-state index is 0. The van der Waals surface area contributed by atoms with Gasteiger partial charge in [-0.2, -0.15) is 0 Å². The van der Waals surface area contributed by atoms with E-state index < -0.39 is 0 Å². The smallest absolute Gasteiger partial charge is 0.328 e. The lowest BCUT2D eigenvalue weighted by Crippen LogP contribution is -2.30. The molecule has 1 aromatic heterocycles. The SMILES string of the molecule is CCn1cc(C)c(=O)[nH]c1=O.N. The summed E-state index contributed by atoms with van der Waals surface area (Å²) < 4.78 is 1.46. The van der Waals surface area contributed by atoms with Gasteiger partial charge >= 0.3 is 5.69 Å². The highest BCUT2D eigenvalue weighted by Crippen LogP contribution is 1.82. The van der Waals surface area contributed by atoms with Crippen molar-refractivity contribution in [2.75, 3.05) is 0 Å². The van der Waals surface area contributed by atoms with Crippen LogP contribution < -0.4 is 17.4 Å². The normalized spacial score (nSPS) is 9.17. The fourth-order valence-electron chi connectivity index (χ4n) is 0.853. The Morgan fingerprint density at radius 2 is 2.08 bits per heavy atom. The van der Waals surface area contributed by atoms with Gasteiger partial charge in [-0.3, -0.25) is 9.78 Å². The largest absolute Gasteiger partial charge is 0.344 e. The molecule has 0 saturated heterocycles. The number of hydrogen-bond donors (Lipinski definition) is 2. The fourth-order valence-corrected chi connectivity index (χ4v) is 0.853. The van der Waals surface area contributed by atoms with Crippen LogP contribution in [-0.2, 0) is 6.54 Å². The molecule has 1 aromatic rings. The van der Waals surface area contributed by atoms with E-state index in [1.54, 1.807) is 13.1 Å². The molecule has 0 bridgehead atoms. The Bertz CT molecular complexity index is 364. The number of aromatic nitrogens is 2. The monoisotopic (exact) mass is 171 g/mol. The summed E-state index contributed by atoms with van der Waals surface area (Å²) in [7, 11) is 0. The van der Waals surface area contributed by atoms with Gasteiger partial charge in [-0.25, -0.2) is 4.79 Å². The van der Waals surface area contributed by atoms with E-state index in [9.17, 15) is 9.59 Å². The average Bonchev–Trinajstić information content (AvgIpc) is 1.97. The zero-order valence-corrected chi connectivity index (χ0v) is 7.26. The highest BCUT2D eigenvalue weighted by atomic mass is 16.2. The first-order valence-electron chi connectivity index (χ1n) is 3.45. The van der Waals surface area contributed by atoms with Gasteiger partial charge in [-0.05, 0) is 13.8 Å². The summed E-state index contributed by atoms with van der Waals surface area (Å²) in [6.07, 6.45) is 1.56. The molecule has 0 atom stereocenters. The van der Waals surface area contributed by atoms with E-state index in [2.05, 4.69) is 4.98 Å². The van der Waals surface area contributed by atoms with Crippen LogP contribution in [0.25, 0.3) is 0 Å². The second-order valence-corrected chi connectivity index (χ2v) is 2.36. The van der Waals surface area contributed by atoms with Gasteiger partial charge in [0.25, 0.3) is 5.56 Å². The van der Waals surface area contributed by atoms with Crippen molar-refractivity contribution in [1.29, 1.82) is 0 Å². The molecule has 0 amide bonds. The second kappa shape index (κ2) is 3.87. The second-order valence-electron chi connectivity index (χ2n) is 2.36. The van der Waals surface area contributed by atoms with Gasteiger partial charge in [0.05, 0.1) is 0 Å². The van der Waals surface area contributed by atoms with Crippen molar-refractivity contribution in [2.24, 2.45) is 0 Å². The van der Waals surface area contributed by atoms with Crippen LogP contribution >= 0.6 is 0 Å². The summed E-state index contributed by atoms with van der Waals surface area (Å²) in [5, 5.41) is 0. The van der Waals surface area contributed by atoms with Crippen LogP contribution in [0.1, 0.15) is 12.5 Å². The van der Waals surface area contributed by atoms with Crippen molar-refractivity contribution in [3.63, 3.8) is 0 Å². The summed E-state index contributed by atoms with van der Waals surface area (Å²) in [5.41, 5.74) is -0.0887. The van der Waals surface area contributed by atoms with Crippen LogP contribution in [0.4, 0.5) is 0 Å². The van der Waals surface area contributed by atoms with Gasteiger partial charge in [0.1, 0.15) is 0 Å². The van der Waals surface area contributed by atoms with E-state index in [1.807, 2.05) is 6.92 Å². The predicted molar refractivity (Wildman–Crippen MR) is 46.8 cm³/mol. The molecule has 5 heteroatoms. The highest BCUT2D eigenvalue weighted by molar-refractivity contribution is 5.00. The van der Waals surface area contributed by atoms with Gasteiger partial charge in [0.15, 0.2) is 0 Å². The topological polar surface area (TPSA) is 89.9 Å². The van der Waals surface area contributed by atoms with Gasteiger partial charge in [0, 0.05) is 18.3 Å². The van der Waals surface area contributed by atoms with Crippen LogP contribution in [0, 0.1) is 6.92 Å². The molecule has 0 radical (unpaired) electrons. The molecule has 0 unspecified atom stereocenters. The summed E-state index contributed by atoms with van der Waals surface area (Å²) >= 11 is 0. The molecular weight excluding hydrogens is 158 g/mol. The Balaban J connectivity index is 0.00000121. The van der Waals surface area contributed by atoms with Crippen molar-refractivity contribution < 1.29 is 0 Å². The van der Waals surface area contributed by atoms with Gasteiger partial charge < -0.3 is 10.7 Å². The Kier molecular flexibility index (Phi) is 3.43. The molecule has 1 rings (SSSR count). The number of aromatic amines is 1. The maximum Gasteiger partial charge on any atom is 0.328 e. The molecule has 0 fully saturated rings. The Labute approximate surface area is 69.6 Å². The molecule has 4 N–H and O–H groups in total. The Morgan fingerprint density at radius 3 is 2.58 bits per heavy atom. The van der Waals surface area contributed by atoms with Crippen molar-refractivity contribution in [3.8, 4) is 0 Å². The minimum Gasteiger partial charge on any atom is -0.344 e. The first kappa shape index (κ1) is 10.6. The standard InChI is InChI=1S/C7H10N2O2.H3N/c1-3-9-4-5(2)6(10)8-7(9)11;/h4H,3H2,1-2H3,(H,8,10,11);1H3. The highest BCUT2D eigenvalue weighted by Gasteiger charge is 1.96. The van der Waals surface area contributed by atoms with E-state index in [0.717, 1.165) is 0 Å². The zero-order chi connectivity index (χ0) is 8.43. The molecule has 0 saturated carbocycles. The number of nitrogens with zero attached hydrogens (tertiary/aromatic N) is 1. The lowest BCUT2D eigenvalue weighted by Gasteiger charge is -1.99. The van der Waals surface area contributed by atoms with Crippen LogP contribution in [0.15, 0.2) is 15.8 Å². The number of hydrogen-bond acceptors (Lipinski definition) is 3. The lowest BCUT2D eigenvalue weighted by molar-refractivity contribution is 0.687. The average molecular weight is 171 g/mol. The first-order chi connectivity index (χ1) is 5.15. The third-order valence-corrected chi connectivity index (χ3v) is 1.53. The molecule has 1 heterocycles. The Morgan fingerprint density at radius 1 is 1.50 bits per heavy atom. The molecule has 68 valence electrons. The Hall–Kier alpha value is -1.36. The maximum atomic E-state index is 10.9. The van der Waals surface area contributed by atoms with E-state index in [-0.39, 0.29) is 17.4 Å². The third-order valence-electron chi connectivity index (χ3n) is 1.53. The maximum absolute atomic E-state index is 10.9. The first-order valence-corrected chi connectivity index (χ1v) is 3.45. The zero-order valence-electron chi connectivity index (χ0n) is 7.26. The van der Waals surface area contributed by atoms with E-state index in [0.29, 0.717) is 12.1 Å². The van der Waals surface area contributed by atoms with Crippen LogP contribution in [0.2, 0.25) is 0 Å². The van der Waals surface area contributed by atoms with E-state index >= 15 is 0 Å². The van der Waals surface area contributed by atoms with Crippen molar-refractivity contribution >= 4 is 0 Å². The molecule has 5 nitrogen and oxygen atoms in total. The van der Waals surface area contributed by atoms with Gasteiger partial charge in [0.2, 0.25) is 0 Å². The molecular formula is C7H13N3O2. The summed E-state index contributed by atoms with van der Waals surface area (Å²) in [6.45, 7) is 4.10. The number of H-pyrrole nitrogens is 1. The van der Waals surface area contributed by atoms with Gasteiger partial charge in [-0.15, -0.1) is 0 Å². The number of aryl methyl sites for hydroxylation is 2. The summed E-state index contributed by atoms with van der Waals surface area (Å²) in [4.78, 5) is 24.0. The van der Waals surface area contributed by atoms with Crippen molar-refractivity contribution in [2.45, 2.75) is 20.4 Å². The third kappa shape index (κ3) is 1.82. The number of rotatable bonds is 1. The summed E-state index contributed by atoms with van der Waals surface area (Å²) in [6, 6.07) is 0. The molecule has 0 aliphatic rings.